The van der Waals surface area contributed by atoms with Crippen LogP contribution >= 0.6 is 0 Å². The van der Waals surface area contributed by atoms with Crippen molar-refractivity contribution in [2.75, 3.05) is 11.3 Å². The Balaban J connectivity index is 1.55. The Kier molecular flexibility index (Phi) is 5.10. The molecule has 0 spiro atoms. The molecule has 2 unspecified atom stereocenters. The van der Waals surface area contributed by atoms with E-state index in [0.717, 1.165) is 25.8 Å². The van der Waals surface area contributed by atoms with Crippen LogP contribution in [0.25, 0.3) is 0 Å². The van der Waals surface area contributed by atoms with Crippen molar-refractivity contribution in [1.82, 2.24) is 4.90 Å². The quantitative estimate of drug-likeness (QED) is 0.840. The Hall–Kier alpha value is -2.41. The lowest BCUT2D eigenvalue weighted by Crippen LogP contribution is -2.39. The van der Waals surface area contributed by atoms with Crippen LogP contribution in [0.15, 0.2) is 53.4 Å². The fourth-order valence-electron chi connectivity index (χ4n) is 4.35. The molecule has 28 heavy (non-hydrogen) atoms. The number of rotatable bonds is 4. The fraction of sp³-hybridized carbons (Fsp3) is 0.381. The van der Waals surface area contributed by atoms with Gasteiger partial charge in [-0.1, -0.05) is 18.9 Å². The molecule has 2 aromatic carbocycles. The van der Waals surface area contributed by atoms with E-state index < -0.39 is 15.8 Å². The maximum Gasteiger partial charge on any atom is 0.261 e. The molecule has 0 aromatic heterocycles. The van der Waals surface area contributed by atoms with Crippen LogP contribution in [0.4, 0.5) is 10.1 Å². The lowest BCUT2D eigenvalue weighted by molar-refractivity contribution is 0.0690. The van der Waals surface area contributed by atoms with Crippen molar-refractivity contribution < 1.29 is 17.6 Å². The van der Waals surface area contributed by atoms with Gasteiger partial charge in [-0.25, -0.2) is 12.8 Å². The second kappa shape index (κ2) is 7.54. The molecule has 7 heteroatoms. The summed E-state index contributed by atoms with van der Waals surface area (Å²) in [4.78, 5) is 15.0. The number of halogens is 1. The average molecular weight is 402 g/mol. The van der Waals surface area contributed by atoms with Gasteiger partial charge in [0, 0.05) is 23.8 Å². The van der Waals surface area contributed by atoms with Crippen LogP contribution in [0, 0.1) is 11.7 Å². The van der Waals surface area contributed by atoms with Crippen LogP contribution in [-0.2, 0) is 10.0 Å². The van der Waals surface area contributed by atoms with E-state index in [4.69, 9.17) is 0 Å². The topological polar surface area (TPSA) is 66.5 Å². The molecule has 5 nitrogen and oxygen atoms in total. The van der Waals surface area contributed by atoms with Crippen molar-refractivity contribution >= 4 is 21.6 Å². The summed E-state index contributed by atoms with van der Waals surface area (Å²) in [7, 11) is -3.87. The van der Waals surface area contributed by atoms with E-state index in [0.29, 0.717) is 11.5 Å². The first kappa shape index (κ1) is 18.9. The van der Waals surface area contributed by atoms with Gasteiger partial charge in [-0.05, 0) is 67.6 Å². The van der Waals surface area contributed by atoms with Crippen LogP contribution in [0.5, 0.6) is 0 Å². The number of anilines is 1. The van der Waals surface area contributed by atoms with Gasteiger partial charge in [0.1, 0.15) is 5.82 Å². The summed E-state index contributed by atoms with van der Waals surface area (Å²) in [5.41, 5.74) is 0.649. The lowest BCUT2D eigenvalue weighted by atomic mass is 9.85. The number of fused-ring (bicyclic) bond motifs is 1. The molecule has 0 bridgehead atoms. The van der Waals surface area contributed by atoms with Crippen molar-refractivity contribution in [3.63, 3.8) is 0 Å². The summed E-state index contributed by atoms with van der Waals surface area (Å²) in [6.45, 7) is 0.735. The molecule has 1 amide bonds. The van der Waals surface area contributed by atoms with Crippen molar-refractivity contribution in [3.05, 3.63) is 59.9 Å². The molecule has 4 rings (SSSR count). The summed E-state index contributed by atoms with van der Waals surface area (Å²) in [5.74, 6) is 0.0279. The minimum atomic E-state index is -3.87. The molecular formula is C21H23FN2O3S. The first-order valence-electron chi connectivity index (χ1n) is 9.63. The molecule has 2 aromatic rings. The van der Waals surface area contributed by atoms with Crippen LogP contribution in [0.2, 0.25) is 0 Å². The molecule has 2 aliphatic rings. The highest BCUT2D eigenvalue weighted by molar-refractivity contribution is 7.92. The molecule has 1 N–H and O–H groups in total. The second-order valence-corrected chi connectivity index (χ2v) is 9.22. The molecule has 0 radical (unpaired) electrons. The van der Waals surface area contributed by atoms with Gasteiger partial charge < -0.3 is 4.90 Å². The van der Waals surface area contributed by atoms with E-state index in [1.54, 1.807) is 12.1 Å². The molecule has 148 valence electrons. The number of sulfonamides is 1. The van der Waals surface area contributed by atoms with Crippen molar-refractivity contribution in [2.45, 2.75) is 43.0 Å². The number of benzene rings is 2. The number of hydrogen-bond donors (Lipinski definition) is 1. The molecule has 1 saturated heterocycles. The van der Waals surface area contributed by atoms with Gasteiger partial charge in [0.15, 0.2) is 0 Å². The summed E-state index contributed by atoms with van der Waals surface area (Å²) < 4.78 is 40.8. The van der Waals surface area contributed by atoms with Crippen LogP contribution < -0.4 is 4.72 Å². The third kappa shape index (κ3) is 3.76. The monoisotopic (exact) mass is 402 g/mol. The number of carbonyl (C=O) groups is 1. The molecular weight excluding hydrogens is 379 g/mol. The smallest absolute Gasteiger partial charge is 0.261 e. The maximum atomic E-state index is 13.0. The van der Waals surface area contributed by atoms with Gasteiger partial charge >= 0.3 is 0 Å². The van der Waals surface area contributed by atoms with Crippen LogP contribution in [0.1, 0.15) is 42.5 Å². The summed E-state index contributed by atoms with van der Waals surface area (Å²) in [6.07, 6.45) is 5.60. The van der Waals surface area contributed by atoms with E-state index >= 15 is 0 Å². The van der Waals surface area contributed by atoms with Gasteiger partial charge in [-0.15, -0.1) is 0 Å². The van der Waals surface area contributed by atoms with E-state index in [9.17, 15) is 17.6 Å². The number of hydrogen-bond acceptors (Lipinski definition) is 3. The number of amides is 1. The standard InChI is InChI=1S/C21H23FN2O3S/c22-17-8-10-18(11-9-17)23-28(26,27)19-6-3-5-16(14-19)21(25)24-13-12-15-4-1-2-7-20(15)24/h3,5-6,8-11,14-15,20,23H,1-2,4,7,12-13H2. The first-order chi connectivity index (χ1) is 13.4. The van der Waals surface area contributed by atoms with E-state index in [2.05, 4.69) is 4.72 Å². The predicted molar refractivity (Wildman–Crippen MR) is 105 cm³/mol. The first-order valence-corrected chi connectivity index (χ1v) is 11.1. The minimum absolute atomic E-state index is 0.0158. The third-order valence-electron chi connectivity index (χ3n) is 5.76. The molecule has 1 aliphatic carbocycles. The van der Waals surface area contributed by atoms with Crippen molar-refractivity contribution in [1.29, 1.82) is 0 Å². The van der Waals surface area contributed by atoms with Gasteiger partial charge in [0.25, 0.3) is 15.9 Å². The predicted octanol–water partition coefficient (Wildman–Crippen LogP) is 4.03. The van der Waals surface area contributed by atoms with E-state index in [1.807, 2.05) is 4.90 Å². The highest BCUT2D eigenvalue weighted by Gasteiger charge is 2.38. The van der Waals surface area contributed by atoms with Gasteiger partial charge in [0.05, 0.1) is 4.90 Å². The molecule has 1 saturated carbocycles. The minimum Gasteiger partial charge on any atom is -0.335 e. The number of nitrogens with one attached hydrogen (secondary N) is 1. The van der Waals surface area contributed by atoms with Crippen molar-refractivity contribution in [2.24, 2.45) is 5.92 Å². The SMILES string of the molecule is O=C(c1cccc(S(=O)(=O)Nc2ccc(F)cc2)c1)N1CCC2CCCCC21. The maximum absolute atomic E-state index is 13.0. The van der Waals surface area contributed by atoms with Gasteiger partial charge in [-0.2, -0.15) is 0 Å². The zero-order valence-corrected chi connectivity index (χ0v) is 16.3. The molecule has 2 fully saturated rings. The second-order valence-electron chi connectivity index (χ2n) is 7.54. The Morgan fingerprint density at radius 3 is 2.57 bits per heavy atom. The molecule has 1 aliphatic heterocycles. The van der Waals surface area contributed by atoms with Gasteiger partial charge in [-0.3, -0.25) is 9.52 Å². The van der Waals surface area contributed by atoms with Crippen molar-refractivity contribution in [3.8, 4) is 0 Å². The van der Waals surface area contributed by atoms with E-state index in [-0.39, 0.29) is 22.5 Å². The highest BCUT2D eigenvalue weighted by Crippen LogP contribution is 2.37. The number of nitrogens with zero attached hydrogens (tertiary/aromatic N) is 1. The fourth-order valence-corrected chi connectivity index (χ4v) is 5.46. The largest absolute Gasteiger partial charge is 0.335 e. The zero-order chi connectivity index (χ0) is 19.7. The Labute approximate surface area is 164 Å². The number of likely N-dealkylation sites (tertiary alicyclic amines) is 1. The average Bonchev–Trinajstić information content (AvgIpc) is 3.13. The Bertz CT molecular complexity index is 975. The van der Waals surface area contributed by atoms with Gasteiger partial charge in [0.2, 0.25) is 0 Å². The molecule has 1 heterocycles. The normalized spacial score (nSPS) is 22.0. The molecule has 2 atom stereocenters. The van der Waals surface area contributed by atoms with Crippen LogP contribution in [0.3, 0.4) is 0 Å². The third-order valence-corrected chi connectivity index (χ3v) is 7.14. The Morgan fingerprint density at radius 1 is 1.04 bits per heavy atom. The summed E-state index contributed by atoms with van der Waals surface area (Å²) in [5, 5.41) is 0. The zero-order valence-electron chi connectivity index (χ0n) is 15.5. The van der Waals surface area contributed by atoms with Crippen LogP contribution in [-0.4, -0.2) is 31.8 Å². The summed E-state index contributed by atoms with van der Waals surface area (Å²) >= 11 is 0. The number of carbonyl (C=O) groups excluding carboxylic acids is 1. The summed E-state index contributed by atoms with van der Waals surface area (Å²) in [6, 6.07) is 11.5. The van der Waals surface area contributed by atoms with E-state index in [1.165, 1.54) is 49.2 Å². The Morgan fingerprint density at radius 2 is 1.79 bits per heavy atom. The highest BCUT2D eigenvalue weighted by atomic mass is 32.2. The lowest BCUT2D eigenvalue weighted by Gasteiger charge is -2.31.